The number of alkyl carbamates (subject to hydrolysis) is 1. The standard InChI is InChI=1S/C28H44N4O5/c1-6-7-10-18-30-25(34)24(21-15-9-8-12-19(21)2)32(20-13-11-14-20)26(35)22(16-17-23(29)33)31-27(36)37-28(3,4)5/h8-9,12,15,20,22,24H,6-7,10-11,13-14,16-18H2,1-5H3,(H2,29,33)(H,30,34)(H,31,36). The second-order valence-electron chi connectivity index (χ2n) is 10.8. The van der Waals surface area contributed by atoms with Gasteiger partial charge in [-0.25, -0.2) is 4.79 Å². The van der Waals surface area contributed by atoms with Crippen LogP contribution in [0.4, 0.5) is 4.79 Å². The van der Waals surface area contributed by atoms with Crippen LogP contribution in [0.25, 0.3) is 0 Å². The average Bonchev–Trinajstić information content (AvgIpc) is 2.77. The van der Waals surface area contributed by atoms with Gasteiger partial charge in [0.05, 0.1) is 0 Å². The van der Waals surface area contributed by atoms with Crippen LogP contribution >= 0.6 is 0 Å². The Labute approximate surface area is 220 Å². The van der Waals surface area contributed by atoms with E-state index >= 15 is 0 Å². The number of ether oxygens (including phenoxy) is 1. The number of hydrogen-bond acceptors (Lipinski definition) is 5. The van der Waals surface area contributed by atoms with Gasteiger partial charge in [0.2, 0.25) is 17.7 Å². The number of amides is 4. The fourth-order valence-electron chi connectivity index (χ4n) is 4.35. The molecule has 1 aromatic rings. The highest BCUT2D eigenvalue weighted by atomic mass is 16.6. The number of nitrogens with two attached hydrogens (primary N) is 1. The zero-order valence-corrected chi connectivity index (χ0v) is 23.0. The summed E-state index contributed by atoms with van der Waals surface area (Å²) in [5.41, 5.74) is 6.23. The molecule has 1 fully saturated rings. The van der Waals surface area contributed by atoms with Crippen molar-refractivity contribution in [3.05, 3.63) is 35.4 Å². The molecule has 2 atom stereocenters. The van der Waals surface area contributed by atoms with E-state index in [0.717, 1.165) is 49.7 Å². The molecule has 206 valence electrons. The van der Waals surface area contributed by atoms with Gasteiger partial charge in [-0.2, -0.15) is 0 Å². The summed E-state index contributed by atoms with van der Waals surface area (Å²) >= 11 is 0. The van der Waals surface area contributed by atoms with Gasteiger partial charge in [0.1, 0.15) is 17.7 Å². The summed E-state index contributed by atoms with van der Waals surface area (Å²) in [7, 11) is 0. The first kappa shape index (κ1) is 30.1. The van der Waals surface area contributed by atoms with Gasteiger partial charge in [-0.3, -0.25) is 14.4 Å². The monoisotopic (exact) mass is 516 g/mol. The highest BCUT2D eigenvalue weighted by Crippen LogP contribution is 2.35. The third kappa shape index (κ3) is 9.37. The van der Waals surface area contributed by atoms with Gasteiger partial charge in [0, 0.05) is 19.0 Å². The number of carbonyl (C=O) groups is 4. The fourth-order valence-corrected chi connectivity index (χ4v) is 4.35. The first-order chi connectivity index (χ1) is 17.4. The number of rotatable bonds is 13. The third-order valence-corrected chi connectivity index (χ3v) is 6.48. The molecule has 0 spiro atoms. The lowest BCUT2D eigenvalue weighted by molar-refractivity contribution is -0.147. The summed E-state index contributed by atoms with van der Waals surface area (Å²) in [5, 5.41) is 5.66. The maximum absolute atomic E-state index is 14.1. The van der Waals surface area contributed by atoms with E-state index < -0.39 is 35.6 Å². The normalized spacial score (nSPS) is 15.2. The van der Waals surface area contributed by atoms with Crippen molar-refractivity contribution in [2.45, 2.75) is 110 Å². The van der Waals surface area contributed by atoms with E-state index in [-0.39, 0.29) is 24.8 Å². The topological polar surface area (TPSA) is 131 Å². The van der Waals surface area contributed by atoms with Crippen LogP contribution in [0.3, 0.4) is 0 Å². The highest BCUT2D eigenvalue weighted by molar-refractivity contribution is 5.93. The van der Waals surface area contributed by atoms with Gasteiger partial charge in [0.15, 0.2) is 0 Å². The number of benzene rings is 1. The van der Waals surface area contributed by atoms with Gasteiger partial charge < -0.3 is 26.0 Å². The van der Waals surface area contributed by atoms with Gasteiger partial charge in [-0.1, -0.05) is 44.0 Å². The minimum atomic E-state index is -1.07. The lowest BCUT2D eigenvalue weighted by Gasteiger charge is -2.44. The Hall–Kier alpha value is -3.10. The number of unbranched alkanes of at least 4 members (excludes halogenated alkanes) is 2. The quantitative estimate of drug-likeness (QED) is 0.343. The van der Waals surface area contributed by atoms with E-state index in [4.69, 9.17) is 10.5 Å². The molecule has 1 aliphatic carbocycles. The smallest absolute Gasteiger partial charge is 0.408 e. The molecule has 0 heterocycles. The van der Waals surface area contributed by atoms with Crippen molar-refractivity contribution in [2.24, 2.45) is 5.73 Å². The van der Waals surface area contributed by atoms with Gasteiger partial charge in [0.25, 0.3) is 0 Å². The van der Waals surface area contributed by atoms with E-state index in [0.29, 0.717) is 6.54 Å². The number of primary amides is 1. The Morgan fingerprint density at radius 3 is 2.35 bits per heavy atom. The van der Waals surface area contributed by atoms with Crippen molar-refractivity contribution in [3.8, 4) is 0 Å². The van der Waals surface area contributed by atoms with Crippen LogP contribution in [0, 0.1) is 6.92 Å². The van der Waals surface area contributed by atoms with Crippen molar-refractivity contribution in [2.75, 3.05) is 6.54 Å². The predicted octanol–water partition coefficient (Wildman–Crippen LogP) is 3.88. The molecule has 2 rings (SSSR count). The van der Waals surface area contributed by atoms with Crippen LogP contribution in [-0.4, -0.2) is 52.9 Å². The fraction of sp³-hybridized carbons (Fsp3) is 0.643. The minimum absolute atomic E-state index is 0.00917. The van der Waals surface area contributed by atoms with E-state index in [2.05, 4.69) is 17.6 Å². The van der Waals surface area contributed by atoms with Crippen LogP contribution in [0.5, 0.6) is 0 Å². The molecule has 1 aromatic carbocycles. The predicted molar refractivity (Wildman–Crippen MR) is 143 cm³/mol. The van der Waals surface area contributed by atoms with E-state index in [1.165, 1.54) is 0 Å². The molecule has 0 saturated heterocycles. The van der Waals surface area contributed by atoms with Crippen molar-refractivity contribution in [1.82, 2.24) is 15.5 Å². The number of aryl methyl sites for hydroxylation is 1. The summed E-state index contributed by atoms with van der Waals surface area (Å²) in [6.07, 6.45) is 4.48. The zero-order valence-electron chi connectivity index (χ0n) is 23.0. The second kappa shape index (κ2) is 14.0. The molecule has 9 heteroatoms. The lowest BCUT2D eigenvalue weighted by Crippen LogP contribution is -2.57. The zero-order chi connectivity index (χ0) is 27.6. The van der Waals surface area contributed by atoms with Gasteiger partial charge >= 0.3 is 6.09 Å². The van der Waals surface area contributed by atoms with Crippen molar-refractivity contribution in [1.29, 1.82) is 0 Å². The van der Waals surface area contributed by atoms with Gasteiger partial charge in [-0.15, -0.1) is 0 Å². The molecule has 0 aromatic heterocycles. The van der Waals surface area contributed by atoms with Crippen LogP contribution < -0.4 is 16.4 Å². The highest BCUT2D eigenvalue weighted by Gasteiger charge is 2.42. The average molecular weight is 517 g/mol. The maximum atomic E-state index is 14.1. The van der Waals surface area contributed by atoms with E-state index in [1.807, 2.05) is 31.2 Å². The molecule has 1 aliphatic rings. The molecule has 9 nitrogen and oxygen atoms in total. The number of hydrogen-bond donors (Lipinski definition) is 3. The second-order valence-corrected chi connectivity index (χ2v) is 10.8. The van der Waals surface area contributed by atoms with Crippen LogP contribution in [-0.2, 0) is 19.1 Å². The largest absolute Gasteiger partial charge is 0.444 e. The Bertz CT molecular complexity index is 939. The Kier molecular flexibility index (Phi) is 11.4. The third-order valence-electron chi connectivity index (χ3n) is 6.48. The number of carbonyl (C=O) groups excluding carboxylic acids is 4. The number of nitrogens with zero attached hydrogens (tertiary/aromatic N) is 1. The molecule has 0 aliphatic heterocycles. The maximum Gasteiger partial charge on any atom is 0.408 e. The van der Waals surface area contributed by atoms with Crippen LogP contribution in [0.15, 0.2) is 24.3 Å². The van der Waals surface area contributed by atoms with E-state index in [9.17, 15) is 19.2 Å². The Morgan fingerprint density at radius 1 is 1.14 bits per heavy atom. The molecule has 0 radical (unpaired) electrons. The SMILES string of the molecule is CCCCCNC(=O)C(c1ccccc1C)N(C(=O)C(CCC(N)=O)NC(=O)OC(C)(C)C)C1CCC1. The van der Waals surface area contributed by atoms with Crippen molar-refractivity contribution in [3.63, 3.8) is 0 Å². The summed E-state index contributed by atoms with van der Waals surface area (Å²) in [4.78, 5) is 53.6. The Balaban J connectivity index is 2.44. The van der Waals surface area contributed by atoms with Crippen molar-refractivity contribution >= 4 is 23.8 Å². The molecule has 2 unspecified atom stereocenters. The molecular weight excluding hydrogens is 472 g/mol. The summed E-state index contributed by atoms with van der Waals surface area (Å²) in [6.45, 7) is 9.71. The number of nitrogens with one attached hydrogen (secondary N) is 2. The molecule has 1 saturated carbocycles. The van der Waals surface area contributed by atoms with Gasteiger partial charge in [-0.05, 0) is 70.9 Å². The van der Waals surface area contributed by atoms with Crippen LogP contribution in [0.2, 0.25) is 0 Å². The summed E-state index contributed by atoms with van der Waals surface area (Å²) in [6, 6.07) is 5.44. The van der Waals surface area contributed by atoms with E-state index in [1.54, 1.807) is 25.7 Å². The van der Waals surface area contributed by atoms with Crippen LogP contribution in [0.1, 0.15) is 96.2 Å². The first-order valence-electron chi connectivity index (χ1n) is 13.4. The van der Waals surface area contributed by atoms with Crippen molar-refractivity contribution < 1.29 is 23.9 Å². The summed E-state index contributed by atoms with van der Waals surface area (Å²) < 4.78 is 5.38. The Morgan fingerprint density at radius 2 is 1.81 bits per heavy atom. The first-order valence-corrected chi connectivity index (χ1v) is 13.4. The lowest BCUT2D eigenvalue weighted by atomic mass is 9.87. The molecular formula is C28H44N4O5. The molecule has 4 amide bonds. The molecule has 37 heavy (non-hydrogen) atoms. The minimum Gasteiger partial charge on any atom is -0.444 e. The molecule has 4 N–H and O–H groups in total. The molecule has 0 bridgehead atoms. The summed E-state index contributed by atoms with van der Waals surface area (Å²) in [5.74, 6) is -1.26.